The predicted octanol–water partition coefficient (Wildman–Crippen LogP) is 3.51. The molecule has 0 aliphatic heterocycles. The van der Waals surface area contributed by atoms with Gasteiger partial charge in [-0.1, -0.05) is 29.8 Å². The van der Waals surface area contributed by atoms with E-state index in [1.807, 2.05) is 0 Å². The molecule has 2 nitrogen and oxygen atoms in total. The largest absolute Gasteiger partial charge is 0.358 e. The molecule has 3 N–H and O–H groups in total. The van der Waals surface area contributed by atoms with Gasteiger partial charge in [0.1, 0.15) is 0 Å². The summed E-state index contributed by atoms with van der Waals surface area (Å²) in [5, 5.41) is 1.23. The van der Waals surface area contributed by atoms with Gasteiger partial charge in [0.05, 0.1) is 5.52 Å². The molecule has 1 aromatic carbocycles. The highest BCUT2D eigenvalue weighted by Crippen LogP contribution is 2.27. The number of hydrogen-bond donors (Lipinski definition) is 2. The number of nitrogens with two attached hydrogens (primary N) is 1. The monoisotopic (exact) mass is 266 g/mol. The smallest absolute Gasteiger partial charge is 0.0502 e. The number of aromatic amines is 1. The fourth-order valence-electron chi connectivity index (χ4n) is 1.77. The van der Waals surface area contributed by atoms with Gasteiger partial charge in [-0.25, -0.2) is 0 Å². The lowest BCUT2D eigenvalue weighted by Gasteiger charge is -2.01. The number of fused-ring (bicyclic) bond motifs is 1. The van der Waals surface area contributed by atoms with E-state index >= 15 is 0 Å². The van der Waals surface area contributed by atoms with Gasteiger partial charge in [-0.2, -0.15) is 0 Å². The zero-order chi connectivity index (χ0) is 11.0. The van der Waals surface area contributed by atoms with Crippen molar-refractivity contribution < 1.29 is 0 Å². The van der Waals surface area contributed by atoms with Crippen LogP contribution in [0.3, 0.4) is 0 Å². The Bertz CT molecular complexity index is 486. The van der Waals surface area contributed by atoms with Crippen molar-refractivity contribution >= 4 is 26.8 Å². The highest BCUT2D eigenvalue weighted by atomic mass is 79.9. The van der Waals surface area contributed by atoms with Gasteiger partial charge < -0.3 is 10.7 Å². The van der Waals surface area contributed by atoms with E-state index in [0.717, 1.165) is 10.0 Å². The van der Waals surface area contributed by atoms with Crippen LogP contribution < -0.4 is 5.73 Å². The lowest BCUT2D eigenvalue weighted by atomic mass is 10.1. The van der Waals surface area contributed by atoms with E-state index in [0.29, 0.717) is 12.5 Å². The molecular weight excluding hydrogens is 252 g/mol. The zero-order valence-corrected chi connectivity index (χ0v) is 10.6. The molecule has 2 rings (SSSR count). The molecule has 1 aromatic heterocycles. The minimum atomic E-state index is 0.516. The standard InChI is InChI=1S/C12H15BrN2/c1-7(2)11-5-8-3-10(13)4-9(6-14)12(8)15-11/h3-5,7,15H,6,14H2,1-2H3. The Hall–Kier alpha value is -0.800. The molecule has 0 atom stereocenters. The van der Waals surface area contributed by atoms with Crippen LogP contribution in [-0.2, 0) is 6.54 Å². The van der Waals surface area contributed by atoms with Crippen LogP contribution in [0, 0.1) is 0 Å². The average Bonchev–Trinajstić information content (AvgIpc) is 2.59. The van der Waals surface area contributed by atoms with E-state index < -0.39 is 0 Å². The third kappa shape index (κ3) is 1.94. The number of nitrogens with one attached hydrogen (secondary N) is 1. The normalized spacial score (nSPS) is 11.5. The van der Waals surface area contributed by atoms with Gasteiger partial charge in [0, 0.05) is 22.1 Å². The third-order valence-electron chi connectivity index (χ3n) is 2.64. The van der Waals surface area contributed by atoms with E-state index in [1.54, 1.807) is 0 Å². The third-order valence-corrected chi connectivity index (χ3v) is 3.10. The zero-order valence-electron chi connectivity index (χ0n) is 8.97. The summed E-state index contributed by atoms with van der Waals surface area (Å²) in [6, 6.07) is 6.39. The molecule has 0 unspecified atom stereocenters. The van der Waals surface area contributed by atoms with Crippen molar-refractivity contribution in [1.82, 2.24) is 4.98 Å². The molecule has 0 saturated carbocycles. The van der Waals surface area contributed by atoms with Gasteiger partial charge in [0.15, 0.2) is 0 Å². The Kier molecular flexibility index (Phi) is 2.85. The van der Waals surface area contributed by atoms with E-state index in [4.69, 9.17) is 5.73 Å². The van der Waals surface area contributed by atoms with Crippen LogP contribution in [0.5, 0.6) is 0 Å². The second-order valence-electron chi connectivity index (χ2n) is 4.11. The lowest BCUT2D eigenvalue weighted by Crippen LogP contribution is -1.97. The van der Waals surface area contributed by atoms with Gasteiger partial charge in [-0.05, 0) is 29.7 Å². The van der Waals surface area contributed by atoms with Crippen molar-refractivity contribution in [1.29, 1.82) is 0 Å². The minimum absolute atomic E-state index is 0.516. The molecular formula is C12H15BrN2. The first-order valence-electron chi connectivity index (χ1n) is 5.13. The van der Waals surface area contributed by atoms with E-state index in [1.165, 1.54) is 16.6 Å². The predicted molar refractivity (Wildman–Crippen MR) is 68.0 cm³/mol. The van der Waals surface area contributed by atoms with Crippen LogP contribution in [0.15, 0.2) is 22.7 Å². The molecule has 0 radical (unpaired) electrons. The van der Waals surface area contributed by atoms with Gasteiger partial charge in [0.2, 0.25) is 0 Å². The van der Waals surface area contributed by atoms with Crippen molar-refractivity contribution in [3.8, 4) is 0 Å². The van der Waals surface area contributed by atoms with Crippen molar-refractivity contribution in [2.24, 2.45) is 5.73 Å². The summed E-state index contributed by atoms with van der Waals surface area (Å²) < 4.78 is 1.09. The first-order chi connectivity index (χ1) is 7.11. The summed E-state index contributed by atoms with van der Waals surface area (Å²) in [5.41, 5.74) is 9.32. The van der Waals surface area contributed by atoms with Crippen LogP contribution in [0.25, 0.3) is 10.9 Å². The number of aromatic nitrogens is 1. The fourth-order valence-corrected chi connectivity index (χ4v) is 2.30. The molecule has 2 aromatic rings. The van der Waals surface area contributed by atoms with Crippen molar-refractivity contribution in [2.45, 2.75) is 26.3 Å². The van der Waals surface area contributed by atoms with Crippen molar-refractivity contribution in [2.75, 3.05) is 0 Å². The summed E-state index contributed by atoms with van der Waals surface area (Å²) in [6.07, 6.45) is 0. The maximum Gasteiger partial charge on any atom is 0.0502 e. The van der Waals surface area contributed by atoms with E-state index in [2.05, 4.69) is 53.0 Å². The Balaban J connectivity index is 2.68. The molecule has 0 amide bonds. The van der Waals surface area contributed by atoms with Gasteiger partial charge in [-0.3, -0.25) is 0 Å². The lowest BCUT2D eigenvalue weighted by molar-refractivity contribution is 0.836. The van der Waals surface area contributed by atoms with E-state index in [9.17, 15) is 0 Å². The number of hydrogen-bond acceptors (Lipinski definition) is 1. The summed E-state index contributed by atoms with van der Waals surface area (Å²) in [5.74, 6) is 0.516. The summed E-state index contributed by atoms with van der Waals surface area (Å²) in [7, 11) is 0. The highest BCUT2D eigenvalue weighted by Gasteiger charge is 2.08. The maximum absolute atomic E-state index is 5.73. The Morgan fingerprint density at radius 3 is 2.67 bits per heavy atom. The topological polar surface area (TPSA) is 41.8 Å². The van der Waals surface area contributed by atoms with Gasteiger partial charge in [-0.15, -0.1) is 0 Å². The highest BCUT2D eigenvalue weighted by molar-refractivity contribution is 9.10. The van der Waals surface area contributed by atoms with Crippen LogP contribution in [-0.4, -0.2) is 4.98 Å². The Morgan fingerprint density at radius 2 is 2.07 bits per heavy atom. The molecule has 0 spiro atoms. The SMILES string of the molecule is CC(C)c1cc2cc(Br)cc(CN)c2[nH]1. The number of benzene rings is 1. The fraction of sp³-hybridized carbons (Fsp3) is 0.333. The summed E-state index contributed by atoms with van der Waals surface area (Å²) in [6.45, 7) is 4.93. The number of H-pyrrole nitrogens is 1. The first kappa shape index (κ1) is 10.7. The first-order valence-corrected chi connectivity index (χ1v) is 5.92. The van der Waals surface area contributed by atoms with Crippen molar-refractivity contribution in [3.05, 3.63) is 33.9 Å². The molecule has 0 aliphatic rings. The van der Waals surface area contributed by atoms with Gasteiger partial charge >= 0.3 is 0 Å². The molecule has 0 bridgehead atoms. The van der Waals surface area contributed by atoms with Crippen LogP contribution in [0.1, 0.15) is 31.0 Å². The molecule has 0 fully saturated rings. The summed E-state index contributed by atoms with van der Waals surface area (Å²) >= 11 is 3.50. The van der Waals surface area contributed by atoms with Crippen LogP contribution >= 0.6 is 15.9 Å². The van der Waals surface area contributed by atoms with E-state index in [-0.39, 0.29) is 0 Å². The molecule has 80 valence electrons. The second-order valence-corrected chi connectivity index (χ2v) is 5.03. The molecule has 0 saturated heterocycles. The Morgan fingerprint density at radius 1 is 1.33 bits per heavy atom. The Labute approximate surface area is 98.0 Å². The molecule has 0 aliphatic carbocycles. The quantitative estimate of drug-likeness (QED) is 0.858. The van der Waals surface area contributed by atoms with Crippen LogP contribution in [0.2, 0.25) is 0 Å². The van der Waals surface area contributed by atoms with Crippen molar-refractivity contribution in [3.63, 3.8) is 0 Å². The number of rotatable bonds is 2. The van der Waals surface area contributed by atoms with Gasteiger partial charge in [0.25, 0.3) is 0 Å². The molecule has 3 heteroatoms. The molecule has 1 heterocycles. The number of halogens is 1. The van der Waals surface area contributed by atoms with Crippen LogP contribution in [0.4, 0.5) is 0 Å². The molecule has 15 heavy (non-hydrogen) atoms. The minimum Gasteiger partial charge on any atom is -0.358 e. The average molecular weight is 267 g/mol. The second kappa shape index (κ2) is 3.99. The maximum atomic E-state index is 5.73. The summed E-state index contributed by atoms with van der Waals surface area (Å²) in [4.78, 5) is 3.44.